The molecule has 2 aromatic carbocycles. The zero-order valence-electron chi connectivity index (χ0n) is 17.7. The molecule has 4 aromatic rings. The van der Waals surface area contributed by atoms with Crippen LogP contribution in [0.2, 0.25) is 0 Å². The second-order valence-electron chi connectivity index (χ2n) is 7.47. The molecule has 0 saturated carbocycles. The van der Waals surface area contributed by atoms with Crippen LogP contribution < -0.4 is 9.47 Å². The molecule has 6 nitrogen and oxygen atoms in total. The van der Waals surface area contributed by atoms with Crippen LogP contribution in [0.25, 0.3) is 0 Å². The number of hydrogen-bond acceptors (Lipinski definition) is 6. The maximum atomic E-state index is 12.1. The third-order valence-corrected chi connectivity index (χ3v) is 5.56. The lowest BCUT2D eigenvalue weighted by Gasteiger charge is -2.30. The van der Waals surface area contributed by atoms with Crippen LogP contribution in [0.4, 0.5) is 0 Å². The van der Waals surface area contributed by atoms with Gasteiger partial charge in [-0.25, -0.2) is 9.59 Å². The molecular weight excluding hydrogens is 408 g/mol. The Morgan fingerprint density at radius 1 is 0.719 bits per heavy atom. The van der Waals surface area contributed by atoms with Crippen molar-refractivity contribution in [1.82, 2.24) is 0 Å². The highest BCUT2D eigenvalue weighted by Gasteiger charge is 2.27. The summed E-state index contributed by atoms with van der Waals surface area (Å²) < 4.78 is 20.8. The Morgan fingerprint density at radius 2 is 1.12 bits per heavy atom. The van der Waals surface area contributed by atoms with Crippen LogP contribution in [0.3, 0.4) is 0 Å². The summed E-state index contributed by atoms with van der Waals surface area (Å²) in [5, 5.41) is 0. The van der Waals surface area contributed by atoms with Gasteiger partial charge in [-0.3, -0.25) is 0 Å². The first-order valence-electron chi connectivity index (χ1n) is 10.2. The third-order valence-electron chi connectivity index (χ3n) is 5.56. The number of furan rings is 2. The third kappa shape index (κ3) is 4.34. The van der Waals surface area contributed by atoms with Crippen molar-refractivity contribution < 1.29 is 27.9 Å². The van der Waals surface area contributed by atoms with Crippen molar-refractivity contribution in [1.29, 1.82) is 0 Å². The fourth-order valence-corrected chi connectivity index (χ4v) is 3.46. The Labute approximate surface area is 185 Å². The van der Waals surface area contributed by atoms with Crippen LogP contribution in [0.15, 0.2) is 94.2 Å². The van der Waals surface area contributed by atoms with Crippen LogP contribution >= 0.6 is 0 Å². The van der Waals surface area contributed by atoms with Gasteiger partial charge in [-0.1, -0.05) is 38.1 Å². The van der Waals surface area contributed by atoms with Crippen molar-refractivity contribution >= 4 is 11.9 Å². The van der Waals surface area contributed by atoms with Gasteiger partial charge in [-0.15, -0.1) is 0 Å². The number of ether oxygens (including phenoxy) is 2. The van der Waals surface area contributed by atoms with Gasteiger partial charge in [-0.05, 0) is 66.1 Å². The number of benzene rings is 2. The highest BCUT2D eigenvalue weighted by atomic mass is 16.6. The van der Waals surface area contributed by atoms with Gasteiger partial charge < -0.3 is 18.3 Å². The first kappa shape index (κ1) is 21.2. The highest BCUT2D eigenvalue weighted by molar-refractivity contribution is 5.88. The summed E-state index contributed by atoms with van der Waals surface area (Å²) in [6.45, 7) is 4.25. The van der Waals surface area contributed by atoms with Crippen molar-refractivity contribution in [3.8, 4) is 11.5 Å². The molecule has 4 rings (SSSR count). The molecule has 6 heteroatoms. The largest absolute Gasteiger partial charge is 0.457 e. The first-order valence-corrected chi connectivity index (χ1v) is 10.2. The van der Waals surface area contributed by atoms with Gasteiger partial charge in [0.25, 0.3) is 0 Å². The molecule has 0 aliphatic heterocycles. The molecule has 32 heavy (non-hydrogen) atoms. The van der Waals surface area contributed by atoms with Gasteiger partial charge in [0.05, 0.1) is 12.5 Å². The molecule has 0 spiro atoms. The Kier molecular flexibility index (Phi) is 5.94. The lowest BCUT2D eigenvalue weighted by atomic mass is 9.74. The summed E-state index contributed by atoms with van der Waals surface area (Å²) in [5.74, 6) is 0.101. The van der Waals surface area contributed by atoms with Crippen molar-refractivity contribution in [3.63, 3.8) is 0 Å². The fraction of sp³-hybridized carbons (Fsp3) is 0.154. The molecule has 0 aliphatic rings. The van der Waals surface area contributed by atoms with Crippen LogP contribution in [-0.4, -0.2) is 11.9 Å². The molecule has 0 fully saturated rings. The predicted octanol–water partition coefficient (Wildman–Crippen LogP) is 6.03. The van der Waals surface area contributed by atoms with Gasteiger partial charge >= 0.3 is 11.9 Å². The Bertz CT molecular complexity index is 1080. The average molecular weight is 430 g/mol. The topological polar surface area (TPSA) is 78.9 Å². The Hall–Kier alpha value is -4.06. The van der Waals surface area contributed by atoms with E-state index in [1.54, 1.807) is 48.5 Å². The molecule has 0 atom stereocenters. The molecule has 2 heterocycles. The summed E-state index contributed by atoms with van der Waals surface area (Å²) in [6.07, 6.45) is 3.69. The summed E-state index contributed by atoms with van der Waals surface area (Å²) >= 11 is 0. The number of rotatable bonds is 7. The lowest BCUT2D eigenvalue weighted by molar-refractivity contribution is 0.0692. The normalized spacial score (nSPS) is 11.2. The molecule has 0 N–H and O–H groups in total. The van der Waals surface area contributed by atoms with E-state index in [1.807, 2.05) is 24.3 Å². The molecule has 0 radical (unpaired) electrons. The Morgan fingerprint density at radius 3 is 1.44 bits per heavy atom. The van der Waals surface area contributed by atoms with E-state index in [2.05, 4.69) is 13.8 Å². The molecule has 162 valence electrons. The second kappa shape index (κ2) is 8.98. The zero-order valence-corrected chi connectivity index (χ0v) is 17.7. The van der Waals surface area contributed by atoms with Gasteiger partial charge in [0.15, 0.2) is 0 Å². The van der Waals surface area contributed by atoms with Crippen molar-refractivity contribution in [2.45, 2.75) is 25.7 Å². The minimum absolute atomic E-state index is 0.153. The van der Waals surface area contributed by atoms with Gasteiger partial charge in [0.2, 0.25) is 11.5 Å². The number of hydrogen-bond donors (Lipinski definition) is 0. The Balaban J connectivity index is 1.48. The van der Waals surface area contributed by atoms with Gasteiger partial charge in [0.1, 0.15) is 11.5 Å². The number of carbonyl (C=O) groups excluding carboxylic acids is 2. The SMILES string of the molecule is CCC(C)(c1ccc(OC(=O)c2ccco2)cc1)c1ccc(OC(=O)c2ccco2)cc1. The minimum atomic E-state index is -0.541. The second-order valence-corrected chi connectivity index (χ2v) is 7.47. The van der Waals surface area contributed by atoms with Crippen LogP contribution in [-0.2, 0) is 5.41 Å². The maximum absolute atomic E-state index is 12.1. The molecule has 0 aliphatic carbocycles. The molecule has 0 unspecified atom stereocenters. The van der Waals surface area contributed by atoms with Crippen molar-refractivity contribution in [3.05, 3.63) is 108 Å². The van der Waals surface area contributed by atoms with Crippen molar-refractivity contribution in [2.24, 2.45) is 0 Å². The molecule has 0 saturated heterocycles. The first-order chi connectivity index (χ1) is 15.5. The lowest BCUT2D eigenvalue weighted by Crippen LogP contribution is -2.22. The minimum Gasteiger partial charge on any atom is -0.457 e. The number of carbonyl (C=O) groups is 2. The molecular formula is C26H22O6. The summed E-state index contributed by atoms with van der Waals surface area (Å²) in [5.41, 5.74) is 1.85. The average Bonchev–Trinajstić information content (AvgIpc) is 3.54. The predicted molar refractivity (Wildman–Crippen MR) is 117 cm³/mol. The van der Waals surface area contributed by atoms with E-state index in [-0.39, 0.29) is 16.9 Å². The van der Waals surface area contributed by atoms with E-state index >= 15 is 0 Å². The van der Waals surface area contributed by atoms with E-state index in [9.17, 15) is 9.59 Å². The van der Waals surface area contributed by atoms with E-state index in [0.29, 0.717) is 11.5 Å². The van der Waals surface area contributed by atoms with Gasteiger partial charge in [-0.2, -0.15) is 0 Å². The van der Waals surface area contributed by atoms with Crippen molar-refractivity contribution in [2.75, 3.05) is 0 Å². The highest BCUT2D eigenvalue weighted by Crippen LogP contribution is 2.36. The van der Waals surface area contributed by atoms with E-state index in [4.69, 9.17) is 18.3 Å². The fourth-order valence-electron chi connectivity index (χ4n) is 3.46. The van der Waals surface area contributed by atoms with Crippen LogP contribution in [0.1, 0.15) is 52.5 Å². The summed E-state index contributed by atoms with van der Waals surface area (Å²) in [4.78, 5) is 24.1. The monoisotopic (exact) mass is 430 g/mol. The maximum Gasteiger partial charge on any atom is 0.379 e. The standard InChI is InChI=1S/C26H22O6/c1-3-26(2,18-8-12-20(13-9-18)31-24(27)22-6-4-16-29-22)19-10-14-21(15-11-19)32-25(28)23-7-5-17-30-23/h4-17H,3H2,1-2H3. The van der Waals surface area contributed by atoms with E-state index < -0.39 is 11.9 Å². The number of esters is 2. The van der Waals surface area contributed by atoms with E-state index in [0.717, 1.165) is 17.5 Å². The molecule has 2 aromatic heterocycles. The smallest absolute Gasteiger partial charge is 0.379 e. The van der Waals surface area contributed by atoms with Crippen LogP contribution in [0.5, 0.6) is 11.5 Å². The molecule has 0 amide bonds. The van der Waals surface area contributed by atoms with Gasteiger partial charge in [0, 0.05) is 5.41 Å². The van der Waals surface area contributed by atoms with E-state index in [1.165, 1.54) is 12.5 Å². The quantitative estimate of drug-likeness (QED) is 0.263. The summed E-state index contributed by atoms with van der Waals surface area (Å²) in [7, 11) is 0. The zero-order chi connectivity index (χ0) is 22.6. The molecule has 0 bridgehead atoms. The summed E-state index contributed by atoms with van der Waals surface area (Å²) in [6, 6.07) is 21.2. The van der Waals surface area contributed by atoms with Crippen LogP contribution in [0, 0.1) is 0 Å².